The highest BCUT2D eigenvalue weighted by Crippen LogP contribution is 2.37. The van der Waals surface area contributed by atoms with Gasteiger partial charge in [0.25, 0.3) is 0 Å². The van der Waals surface area contributed by atoms with E-state index in [1.807, 2.05) is 73.7 Å². The lowest BCUT2D eigenvalue weighted by molar-refractivity contribution is 0.252. The number of H-pyrrole nitrogens is 1. The van der Waals surface area contributed by atoms with Gasteiger partial charge in [0.15, 0.2) is 0 Å². The summed E-state index contributed by atoms with van der Waals surface area (Å²) >= 11 is 0. The molecule has 0 aliphatic rings. The zero-order valence-electron chi connectivity index (χ0n) is 19.2. The van der Waals surface area contributed by atoms with Gasteiger partial charge in [0.2, 0.25) is 5.95 Å². The first-order valence-electron chi connectivity index (χ1n) is 11.3. The first-order chi connectivity index (χ1) is 17.2. The molecule has 0 aliphatic heterocycles. The number of benzene rings is 2. The summed E-state index contributed by atoms with van der Waals surface area (Å²) in [4.78, 5) is 28.8. The molecule has 2 aromatic carbocycles. The second kappa shape index (κ2) is 10.0. The number of urea groups is 1. The zero-order chi connectivity index (χ0) is 24.0. The van der Waals surface area contributed by atoms with E-state index in [1.54, 1.807) is 18.6 Å². The number of aromatic nitrogens is 4. The second-order valence-electron chi connectivity index (χ2n) is 7.85. The van der Waals surface area contributed by atoms with Crippen LogP contribution < -0.4 is 15.4 Å². The molecule has 174 valence electrons. The van der Waals surface area contributed by atoms with E-state index in [1.165, 1.54) is 0 Å². The van der Waals surface area contributed by atoms with E-state index in [0.717, 1.165) is 27.8 Å². The van der Waals surface area contributed by atoms with Gasteiger partial charge in [0, 0.05) is 36.3 Å². The molecule has 5 rings (SSSR count). The molecule has 0 atom stereocenters. The molecule has 0 spiro atoms. The normalized spacial score (nSPS) is 10.8. The fourth-order valence-corrected chi connectivity index (χ4v) is 3.82. The summed E-state index contributed by atoms with van der Waals surface area (Å²) in [5.41, 5.74) is 5.84. The predicted octanol–water partition coefficient (Wildman–Crippen LogP) is 5.41. The Morgan fingerprint density at radius 1 is 1.00 bits per heavy atom. The van der Waals surface area contributed by atoms with Gasteiger partial charge in [-0.05, 0) is 48.4 Å². The molecule has 0 fully saturated rings. The van der Waals surface area contributed by atoms with E-state index in [9.17, 15) is 4.79 Å². The van der Waals surface area contributed by atoms with E-state index in [-0.39, 0.29) is 6.03 Å². The molecule has 8 nitrogen and oxygen atoms in total. The Kier molecular flexibility index (Phi) is 6.34. The number of fused-ring (bicyclic) bond motifs is 1. The van der Waals surface area contributed by atoms with Crippen LogP contribution in [0, 0.1) is 0 Å². The Morgan fingerprint density at radius 3 is 2.66 bits per heavy atom. The molecule has 5 aromatic rings. The van der Waals surface area contributed by atoms with Gasteiger partial charge in [-0.3, -0.25) is 15.3 Å². The number of aromatic amines is 1. The lowest BCUT2D eigenvalue weighted by Crippen LogP contribution is -2.28. The number of nitrogens with zero attached hydrogens (tertiary/aromatic N) is 3. The van der Waals surface area contributed by atoms with Gasteiger partial charge < -0.3 is 15.0 Å². The molecule has 3 aromatic heterocycles. The minimum absolute atomic E-state index is 0.328. The average molecular weight is 465 g/mol. The summed E-state index contributed by atoms with van der Waals surface area (Å²) < 4.78 is 6.19. The number of hydrogen-bond acceptors (Lipinski definition) is 5. The van der Waals surface area contributed by atoms with E-state index >= 15 is 0 Å². The molecule has 0 saturated carbocycles. The molecular formula is C27H24N6O2. The first kappa shape index (κ1) is 22.1. The molecule has 3 heterocycles. The fraction of sp³-hybridized carbons (Fsp3) is 0.111. The van der Waals surface area contributed by atoms with Crippen LogP contribution in [-0.4, -0.2) is 32.5 Å². The van der Waals surface area contributed by atoms with E-state index in [4.69, 9.17) is 4.74 Å². The number of hydrogen-bond donors (Lipinski definition) is 3. The van der Waals surface area contributed by atoms with Gasteiger partial charge in [0.05, 0.1) is 11.0 Å². The third-order valence-electron chi connectivity index (χ3n) is 5.42. The fourth-order valence-electron chi connectivity index (χ4n) is 3.82. The van der Waals surface area contributed by atoms with Crippen LogP contribution in [0.3, 0.4) is 0 Å². The quantitative estimate of drug-likeness (QED) is 0.299. The Balaban J connectivity index is 1.60. The summed E-state index contributed by atoms with van der Waals surface area (Å²) in [7, 11) is 0. The number of pyridine rings is 2. The van der Waals surface area contributed by atoms with Crippen molar-refractivity contribution in [2.45, 2.75) is 13.5 Å². The Hall–Kier alpha value is -4.72. The van der Waals surface area contributed by atoms with Crippen molar-refractivity contribution < 1.29 is 9.53 Å². The lowest BCUT2D eigenvalue weighted by atomic mass is 10.0. The van der Waals surface area contributed by atoms with Crippen LogP contribution in [0.25, 0.3) is 33.4 Å². The molecule has 0 radical (unpaired) electrons. The maximum atomic E-state index is 12.1. The predicted molar refractivity (Wildman–Crippen MR) is 136 cm³/mol. The molecule has 35 heavy (non-hydrogen) atoms. The summed E-state index contributed by atoms with van der Waals surface area (Å²) in [5, 5.41) is 5.46. The van der Waals surface area contributed by atoms with Crippen LogP contribution in [0.2, 0.25) is 0 Å². The van der Waals surface area contributed by atoms with Crippen molar-refractivity contribution in [2.75, 3.05) is 11.9 Å². The third-order valence-corrected chi connectivity index (χ3v) is 5.42. The lowest BCUT2D eigenvalue weighted by Gasteiger charge is -2.13. The molecule has 0 unspecified atom stereocenters. The molecular weight excluding hydrogens is 440 g/mol. The number of carbonyl (C=O) groups excluding carboxylic acids is 1. The van der Waals surface area contributed by atoms with Crippen molar-refractivity contribution in [3.63, 3.8) is 0 Å². The van der Waals surface area contributed by atoms with Crippen LogP contribution >= 0.6 is 0 Å². The number of anilines is 1. The number of carbonyl (C=O) groups is 1. The highest BCUT2D eigenvalue weighted by Gasteiger charge is 2.17. The number of amides is 2. The summed E-state index contributed by atoms with van der Waals surface area (Å²) in [6.07, 6.45) is 5.27. The van der Waals surface area contributed by atoms with Crippen molar-refractivity contribution in [3.8, 4) is 28.1 Å². The topological polar surface area (TPSA) is 105 Å². The van der Waals surface area contributed by atoms with Gasteiger partial charge in [-0.1, -0.05) is 36.4 Å². The number of nitrogens with one attached hydrogen (secondary N) is 3. The van der Waals surface area contributed by atoms with Crippen LogP contribution in [0.15, 0.2) is 85.3 Å². The first-order valence-corrected chi connectivity index (χ1v) is 11.3. The molecule has 0 saturated heterocycles. The highest BCUT2D eigenvalue weighted by atomic mass is 16.5. The molecule has 8 heteroatoms. The zero-order valence-corrected chi connectivity index (χ0v) is 19.2. The standard InChI is InChI=1S/C27H24N6O2/c1-2-29-27(34)33-26-31-22-15-20(19-10-6-12-28-16-19)14-21(24(22)32-26)25-23(11-7-13-30-25)35-17-18-8-4-3-5-9-18/h3-16H,2,17H2,1H3,(H3,29,31,32,33,34). The molecule has 0 bridgehead atoms. The Morgan fingerprint density at radius 2 is 1.86 bits per heavy atom. The third kappa shape index (κ3) is 4.96. The summed E-state index contributed by atoms with van der Waals surface area (Å²) in [6, 6.07) is 21.3. The Labute approximate surface area is 202 Å². The average Bonchev–Trinajstić information content (AvgIpc) is 3.30. The van der Waals surface area contributed by atoms with Crippen molar-refractivity contribution >= 4 is 23.0 Å². The van der Waals surface area contributed by atoms with Gasteiger partial charge in [-0.25, -0.2) is 9.78 Å². The second-order valence-corrected chi connectivity index (χ2v) is 7.85. The van der Waals surface area contributed by atoms with Gasteiger partial charge in [0.1, 0.15) is 18.1 Å². The van der Waals surface area contributed by atoms with Gasteiger partial charge >= 0.3 is 6.03 Å². The highest BCUT2D eigenvalue weighted by molar-refractivity contribution is 5.98. The van der Waals surface area contributed by atoms with Crippen molar-refractivity contribution in [2.24, 2.45) is 0 Å². The van der Waals surface area contributed by atoms with Crippen LogP contribution in [0.4, 0.5) is 10.7 Å². The molecule has 0 aliphatic carbocycles. The molecule has 2 amide bonds. The van der Waals surface area contributed by atoms with E-state index in [2.05, 4.69) is 30.6 Å². The largest absolute Gasteiger partial charge is 0.487 e. The van der Waals surface area contributed by atoms with Crippen molar-refractivity contribution in [1.29, 1.82) is 0 Å². The Bertz CT molecular complexity index is 1450. The maximum Gasteiger partial charge on any atom is 0.321 e. The van der Waals surface area contributed by atoms with E-state index in [0.29, 0.717) is 36.1 Å². The van der Waals surface area contributed by atoms with Crippen molar-refractivity contribution in [1.82, 2.24) is 25.3 Å². The summed E-state index contributed by atoms with van der Waals surface area (Å²) in [5.74, 6) is 0.993. The van der Waals surface area contributed by atoms with Crippen LogP contribution in [-0.2, 0) is 6.61 Å². The minimum atomic E-state index is -0.328. The maximum absolute atomic E-state index is 12.1. The van der Waals surface area contributed by atoms with Crippen LogP contribution in [0.1, 0.15) is 12.5 Å². The van der Waals surface area contributed by atoms with Gasteiger partial charge in [-0.15, -0.1) is 0 Å². The number of ether oxygens (including phenoxy) is 1. The SMILES string of the molecule is CCNC(=O)Nc1nc2cc(-c3cccnc3)cc(-c3ncccc3OCc3ccccc3)c2[nH]1. The summed E-state index contributed by atoms with van der Waals surface area (Å²) in [6.45, 7) is 2.78. The minimum Gasteiger partial charge on any atom is -0.487 e. The van der Waals surface area contributed by atoms with Gasteiger partial charge in [-0.2, -0.15) is 0 Å². The smallest absolute Gasteiger partial charge is 0.321 e. The van der Waals surface area contributed by atoms with Crippen LogP contribution in [0.5, 0.6) is 5.75 Å². The number of rotatable bonds is 7. The number of imidazole rings is 1. The van der Waals surface area contributed by atoms with E-state index < -0.39 is 0 Å². The monoisotopic (exact) mass is 464 g/mol. The molecule has 3 N–H and O–H groups in total. The van der Waals surface area contributed by atoms with Crippen molar-refractivity contribution in [3.05, 3.63) is 90.9 Å².